The quantitative estimate of drug-likeness (QED) is 0.857. The smallest absolute Gasteiger partial charge is 0.324 e. The van der Waals surface area contributed by atoms with Gasteiger partial charge in [0.25, 0.3) is 0 Å². The molecule has 3 atom stereocenters. The molecule has 19 heavy (non-hydrogen) atoms. The average molecular weight is 260 g/mol. The van der Waals surface area contributed by atoms with E-state index in [1.54, 1.807) is 0 Å². The predicted molar refractivity (Wildman–Crippen MR) is 72.8 cm³/mol. The van der Waals surface area contributed by atoms with Crippen molar-refractivity contribution in [2.75, 3.05) is 19.6 Å². The van der Waals surface area contributed by atoms with Gasteiger partial charge in [0.15, 0.2) is 0 Å². The van der Waals surface area contributed by atoms with Crippen LogP contribution < -0.4 is 5.32 Å². The van der Waals surface area contributed by atoms with Gasteiger partial charge < -0.3 is 10.0 Å². The maximum atomic E-state index is 11.8. The van der Waals surface area contributed by atoms with Gasteiger partial charge >= 0.3 is 5.97 Å². The molecule has 1 aromatic rings. The molecule has 0 radical (unpaired) electrons. The summed E-state index contributed by atoms with van der Waals surface area (Å²) in [6.07, 6.45) is 1.70. The van der Waals surface area contributed by atoms with Crippen molar-refractivity contribution in [3.8, 4) is 0 Å². The fourth-order valence-electron chi connectivity index (χ4n) is 3.42. The summed E-state index contributed by atoms with van der Waals surface area (Å²) in [5.41, 5.74) is 0.409. The molecule has 2 N–H and O–H groups in total. The molecule has 2 aliphatic heterocycles. The van der Waals surface area contributed by atoms with Crippen LogP contribution in [0.2, 0.25) is 0 Å². The van der Waals surface area contributed by atoms with Crippen LogP contribution in [-0.2, 0) is 11.3 Å². The number of piperidine rings is 1. The molecule has 2 saturated heterocycles. The number of benzene rings is 1. The van der Waals surface area contributed by atoms with Gasteiger partial charge in [-0.05, 0) is 24.9 Å². The maximum Gasteiger partial charge on any atom is 0.324 e. The Bertz CT molecular complexity index is 462. The summed E-state index contributed by atoms with van der Waals surface area (Å²) in [4.78, 5) is 14.2. The molecule has 2 bridgehead atoms. The monoisotopic (exact) mass is 260 g/mol. The number of aliphatic carboxylic acids is 1. The van der Waals surface area contributed by atoms with Crippen LogP contribution in [0.5, 0.6) is 0 Å². The highest BCUT2D eigenvalue weighted by atomic mass is 16.4. The summed E-state index contributed by atoms with van der Waals surface area (Å²) in [6, 6.07) is 10.0. The zero-order chi connectivity index (χ0) is 13.3. The normalized spacial score (nSPS) is 33.3. The van der Waals surface area contributed by atoms with Crippen molar-refractivity contribution in [3.63, 3.8) is 0 Å². The fourth-order valence-corrected chi connectivity index (χ4v) is 3.42. The number of hydrogen-bond acceptors (Lipinski definition) is 3. The molecule has 2 aliphatic rings. The van der Waals surface area contributed by atoms with Crippen molar-refractivity contribution >= 4 is 5.97 Å². The minimum absolute atomic E-state index is 0.238. The first kappa shape index (κ1) is 12.6. The number of rotatable bonds is 4. The van der Waals surface area contributed by atoms with Gasteiger partial charge in [-0.15, -0.1) is 0 Å². The molecule has 0 aliphatic carbocycles. The molecule has 0 aromatic heterocycles. The Balaban J connectivity index is 1.76. The van der Waals surface area contributed by atoms with Crippen molar-refractivity contribution in [1.29, 1.82) is 0 Å². The Morgan fingerprint density at radius 3 is 2.89 bits per heavy atom. The second kappa shape index (κ2) is 4.94. The van der Waals surface area contributed by atoms with Crippen LogP contribution in [0.25, 0.3) is 0 Å². The highest BCUT2D eigenvalue weighted by Crippen LogP contribution is 2.36. The molecule has 1 aromatic carbocycles. The topological polar surface area (TPSA) is 52.6 Å². The highest BCUT2D eigenvalue weighted by Gasteiger charge is 2.51. The molecule has 4 heteroatoms. The van der Waals surface area contributed by atoms with Crippen LogP contribution in [0, 0.1) is 5.92 Å². The number of nitrogens with zero attached hydrogens (tertiary/aromatic N) is 1. The van der Waals surface area contributed by atoms with Gasteiger partial charge in [-0.1, -0.05) is 30.3 Å². The van der Waals surface area contributed by atoms with Crippen LogP contribution in [0.1, 0.15) is 18.4 Å². The highest BCUT2D eigenvalue weighted by molar-refractivity contribution is 5.79. The van der Waals surface area contributed by atoms with Crippen LogP contribution in [0.15, 0.2) is 30.3 Å². The number of carbonyl (C=O) groups is 1. The van der Waals surface area contributed by atoms with E-state index >= 15 is 0 Å². The molecule has 2 fully saturated rings. The van der Waals surface area contributed by atoms with Crippen molar-refractivity contribution in [3.05, 3.63) is 35.9 Å². The zero-order valence-corrected chi connectivity index (χ0v) is 11.0. The van der Waals surface area contributed by atoms with Gasteiger partial charge in [-0.25, -0.2) is 0 Å². The summed E-state index contributed by atoms with van der Waals surface area (Å²) >= 11 is 0. The van der Waals surface area contributed by atoms with Gasteiger partial charge in [0.1, 0.15) is 5.54 Å². The van der Waals surface area contributed by atoms with Crippen molar-refractivity contribution in [1.82, 2.24) is 10.2 Å². The lowest BCUT2D eigenvalue weighted by molar-refractivity contribution is -0.149. The van der Waals surface area contributed by atoms with E-state index in [-0.39, 0.29) is 5.92 Å². The summed E-state index contributed by atoms with van der Waals surface area (Å²) in [5.74, 6) is -0.447. The Kier molecular flexibility index (Phi) is 3.29. The fraction of sp³-hybridized carbons (Fsp3) is 0.533. The van der Waals surface area contributed by atoms with E-state index < -0.39 is 11.5 Å². The summed E-state index contributed by atoms with van der Waals surface area (Å²) in [5, 5.41) is 13.1. The van der Waals surface area contributed by atoms with Crippen LogP contribution in [-0.4, -0.2) is 41.1 Å². The SMILES string of the molecule is O=C(O)C1(NCc2ccccc2)CCN2CCC1C2. The molecule has 3 rings (SSSR count). The van der Waals surface area contributed by atoms with E-state index in [1.165, 1.54) is 0 Å². The Morgan fingerprint density at radius 1 is 1.37 bits per heavy atom. The van der Waals surface area contributed by atoms with Gasteiger partial charge in [0.2, 0.25) is 0 Å². The molecule has 102 valence electrons. The summed E-state index contributed by atoms with van der Waals surface area (Å²) in [7, 11) is 0. The number of fused-ring (bicyclic) bond motifs is 2. The first-order valence-electron chi connectivity index (χ1n) is 6.95. The zero-order valence-electron chi connectivity index (χ0n) is 11.0. The minimum atomic E-state index is -0.733. The first-order chi connectivity index (χ1) is 9.21. The first-order valence-corrected chi connectivity index (χ1v) is 6.95. The second-order valence-electron chi connectivity index (χ2n) is 5.65. The molecule has 0 spiro atoms. The lowest BCUT2D eigenvalue weighted by Gasteiger charge is -2.40. The Hall–Kier alpha value is -1.39. The van der Waals surface area contributed by atoms with E-state index in [1.807, 2.05) is 30.3 Å². The number of carboxylic acid groups (broad SMARTS) is 1. The number of nitrogens with one attached hydrogen (secondary N) is 1. The molecular formula is C15H20N2O2. The van der Waals surface area contributed by atoms with Crippen LogP contribution >= 0.6 is 0 Å². The third-order valence-corrected chi connectivity index (χ3v) is 4.62. The van der Waals surface area contributed by atoms with E-state index in [2.05, 4.69) is 10.2 Å². The molecule has 2 heterocycles. The van der Waals surface area contributed by atoms with E-state index in [4.69, 9.17) is 0 Å². The minimum Gasteiger partial charge on any atom is -0.480 e. The molecule has 0 amide bonds. The third-order valence-electron chi connectivity index (χ3n) is 4.62. The average Bonchev–Trinajstić information content (AvgIpc) is 2.83. The van der Waals surface area contributed by atoms with Crippen molar-refractivity contribution in [2.45, 2.75) is 24.9 Å². The summed E-state index contributed by atoms with van der Waals surface area (Å²) < 4.78 is 0. The molecular weight excluding hydrogens is 240 g/mol. The Labute approximate surface area is 113 Å². The lowest BCUT2D eigenvalue weighted by Crippen LogP contribution is -2.61. The van der Waals surface area contributed by atoms with Gasteiger partial charge in [0.05, 0.1) is 0 Å². The van der Waals surface area contributed by atoms with Gasteiger partial charge in [-0.3, -0.25) is 10.1 Å². The maximum absolute atomic E-state index is 11.8. The van der Waals surface area contributed by atoms with Gasteiger partial charge in [0, 0.05) is 25.6 Å². The molecule has 4 nitrogen and oxygen atoms in total. The predicted octanol–water partition coefficient (Wildman–Crippen LogP) is 1.33. The lowest BCUT2D eigenvalue weighted by atomic mass is 9.78. The van der Waals surface area contributed by atoms with Gasteiger partial charge in [-0.2, -0.15) is 0 Å². The second-order valence-corrected chi connectivity index (χ2v) is 5.65. The van der Waals surface area contributed by atoms with Crippen molar-refractivity contribution < 1.29 is 9.90 Å². The number of hydrogen-bond donors (Lipinski definition) is 2. The van der Waals surface area contributed by atoms with Crippen LogP contribution in [0.4, 0.5) is 0 Å². The Morgan fingerprint density at radius 2 is 2.16 bits per heavy atom. The van der Waals surface area contributed by atoms with Crippen molar-refractivity contribution in [2.24, 2.45) is 5.92 Å². The van der Waals surface area contributed by atoms with E-state index in [0.717, 1.165) is 31.6 Å². The van der Waals surface area contributed by atoms with Crippen LogP contribution in [0.3, 0.4) is 0 Å². The molecule has 3 unspecified atom stereocenters. The third kappa shape index (κ3) is 2.26. The molecule has 0 saturated carbocycles. The van der Waals surface area contributed by atoms with E-state index in [9.17, 15) is 9.90 Å². The van der Waals surface area contributed by atoms with E-state index in [0.29, 0.717) is 13.0 Å². The standard InChI is InChI=1S/C15H20N2O2/c18-14(19)15(7-9-17-8-6-13(15)11-17)16-10-12-4-2-1-3-5-12/h1-5,13,16H,6-11H2,(H,18,19). The largest absolute Gasteiger partial charge is 0.480 e. The summed E-state index contributed by atoms with van der Waals surface area (Å²) in [6.45, 7) is 3.50. The number of carboxylic acids is 1.